The van der Waals surface area contributed by atoms with Gasteiger partial charge in [-0.15, -0.1) is 0 Å². The van der Waals surface area contributed by atoms with Gasteiger partial charge in [0, 0.05) is 26.6 Å². The van der Waals surface area contributed by atoms with Crippen LogP contribution in [0.15, 0.2) is 0 Å². The van der Waals surface area contributed by atoms with Crippen molar-refractivity contribution in [1.29, 1.82) is 0 Å². The molecule has 0 aromatic heterocycles. The first-order valence-corrected chi connectivity index (χ1v) is 7.25. The van der Waals surface area contributed by atoms with Gasteiger partial charge in [-0.3, -0.25) is 9.59 Å². The van der Waals surface area contributed by atoms with E-state index in [0.29, 0.717) is 13.1 Å². The van der Waals surface area contributed by atoms with Gasteiger partial charge in [0.05, 0.1) is 11.5 Å². The average Bonchev–Trinajstić information content (AvgIpc) is 2.45. The highest BCUT2D eigenvalue weighted by molar-refractivity contribution is 5.81. The Kier molecular flexibility index (Phi) is 5.79. The first-order valence-electron chi connectivity index (χ1n) is 7.25. The smallest absolute Gasteiger partial charge is 0.225 e. The minimum Gasteiger partial charge on any atom is -0.349 e. The summed E-state index contributed by atoms with van der Waals surface area (Å²) in [5.41, 5.74) is 5.51. The molecule has 0 radical (unpaired) electrons. The second-order valence-corrected chi connectivity index (χ2v) is 5.48. The van der Waals surface area contributed by atoms with Crippen molar-refractivity contribution in [3.63, 3.8) is 0 Å². The van der Waals surface area contributed by atoms with Crippen molar-refractivity contribution < 1.29 is 9.59 Å². The Morgan fingerprint density at radius 1 is 1.37 bits per heavy atom. The number of nitrogens with zero attached hydrogens (tertiary/aromatic N) is 1. The summed E-state index contributed by atoms with van der Waals surface area (Å²) < 4.78 is 0. The molecule has 1 heterocycles. The van der Waals surface area contributed by atoms with E-state index in [0.717, 1.165) is 32.2 Å². The second-order valence-electron chi connectivity index (χ2n) is 5.48. The average molecular weight is 269 g/mol. The monoisotopic (exact) mass is 269 g/mol. The summed E-state index contributed by atoms with van der Waals surface area (Å²) in [5, 5.41) is 3.11. The van der Waals surface area contributed by atoms with Crippen LogP contribution >= 0.6 is 0 Å². The van der Waals surface area contributed by atoms with E-state index < -0.39 is 0 Å². The zero-order chi connectivity index (χ0) is 14.5. The third-order valence-electron chi connectivity index (χ3n) is 4.37. The lowest BCUT2D eigenvalue weighted by atomic mass is 9.90. The van der Waals surface area contributed by atoms with Crippen molar-refractivity contribution in [3.8, 4) is 0 Å². The molecule has 19 heavy (non-hydrogen) atoms. The fourth-order valence-electron chi connectivity index (χ4n) is 2.61. The fraction of sp³-hybridized carbons (Fsp3) is 0.857. The Morgan fingerprint density at radius 3 is 2.47 bits per heavy atom. The SMILES string of the molecule is CCC(CC)(CN)NC(=O)C1CCCN(C(C)=O)C1. The van der Waals surface area contributed by atoms with Gasteiger partial charge in [0.2, 0.25) is 11.8 Å². The quantitative estimate of drug-likeness (QED) is 0.778. The first-order chi connectivity index (χ1) is 8.98. The molecule has 1 unspecified atom stereocenters. The topological polar surface area (TPSA) is 75.4 Å². The van der Waals surface area contributed by atoms with E-state index in [1.165, 1.54) is 0 Å². The maximum absolute atomic E-state index is 12.4. The molecule has 5 heteroatoms. The molecule has 1 fully saturated rings. The van der Waals surface area contributed by atoms with Crippen LogP contribution in [0.1, 0.15) is 46.5 Å². The number of hydrogen-bond acceptors (Lipinski definition) is 3. The number of rotatable bonds is 5. The predicted molar refractivity (Wildman–Crippen MR) is 75.5 cm³/mol. The third-order valence-corrected chi connectivity index (χ3v) is 4.37. The van der Waals surface area contributed by atoms with Crippen LogP contribution in [0.4, 0.5) is 0 Å². The van der Waals surface area contributed by atoms with Crippen LogP contribution in [0.25, 0.3) is 0 Å². The molecule has 1 aliphatic rings. The van der Waals surface area contributed by atoms with Crippen molar-refractivity contribution in [3.05, 3.63) is 0 Å². The molecule has 2 amide bonds. The number of nitrogens with two attached hydrogens (primary N) is 1. The number of likely N-dealkylation sites (tertiary alicyclic amines) is 1. The van der Waals surface area contributed by atoms with Gasteiger partial charge in [-0.05, 0) is 25.7 Å². The molecule has 110 valence electrons. The first kappa shape index (κ1) is 16.0. The summed E-state index contributed by atoms with van der Waals surface area (Å²) in [4.78, 5) is 25.5. The number of piperidine rings is 1. The van der Waals surface area contributed by atoms with Crippen molar-refractivity contribution in [2.75, 3.05) is 19.6 Å². The maximum Gasteiger partial charge on any atom is 0.225 e. The van der Waals surface area contributed by atoms with E-state index in [9.17, 15) is 9.59 Å². The van der Waals surface area contributed by atoms with Crippen LogP contribution in [-0.4, -0.2) is 41.9 Å². The second kappa shape index (κ2) is 6.89. The third kappa shape index (κ3) is 3.93. The summed E-state index contributed by atoms with van der Waals surface area (Å²) >= 11 is 0. The van der Waals surface area contributed by atoms with Gasteiger partial charge in [-0.2, -0.15) is 0 Å². The zero-order valence-corrected chi connectivity index (χ0v) is 12.4. The number of hydrogen-bond donors (Lipinski definition) is 2. The summed E-state index contributed by atoms with van der Waals surface area (Å²) in [6.07, 6.45) is 3.40. The van der Waals surface area contributed by atoms with Crippen LogP contribution in [-0.2, 0) is 9.59 Å². The Morgan fingerprint density at radius 2 is 2.00 bits per heavy atom. The molecule has 3 N–H and O–H groups in total. The molecule has 1 rings (SSSR count). The van der Waals surface area contributed by atoms with Gasteiger partial charge in [0.15, 0.2) is 0 Å². The van der Waals surface area contributed by atoms with Crippen LogP contribution in [0.5, 0.6) is 0 Å². The molecule has 1 atom stereocenters. The molecular formula is C14H27N3O2. The van der Waals surface area contributed by atoms with E-state index >= 15 is 0 Å². The number of carbonyl (C=O) groups is 2. The molecular weight excluding hydrogens is 242 g/mol. The van der Waals surface area contributed by atoms with E-state index in [4.69, 9.17) is 5.73 Å². The lowest BCUT2D eigenvalue weighted by molar-refractivity contribution is -0.134. The lowest BCUT2D eigenvalue weighted by Crippen LogP contribution is -2.56. The van der Waals surface area contributed by atoms with Crippen LogP contribution in [0.3, 0.4) is 0 Å². The van der Waals surface area contributed by atoms with E-state index in [1.807, 2.05) is 13.8 Å². The Hall–Kier alpha value is -1.10. The molecule has 1 saturated heterocycles. The molecule has 0 aromatic rings. The zero-order valence-electron chi connectivity index (χ0n) is 12.4. The standard InChI is InChI=1S/C14H27N3O2/c1-4-14(5-2,10-15)16-13(19)12-7-6-8-17(9-12)11(3)18/h12H,4-10,15H2,1-3H3,(H,16,19). The Bertz CT molecular complexity index is 318. The van der Waals surface area contributed by atoms with Crippen molar-refractivity contribution >= 4 is 11.8 Å². The highest BCUT2D eigenvalue weighted by Gasteiger charge is 2.32. The van der Waals surface area contributed by atoms with Gasteiger partial charge >= 0.3 is 0 Å². The minimum absolute atomic E-state index is 0.0418. The van der Waals surface area contributed by atoms with Crippen LogP contribution < -0.4 is 11.1 Å². The van der Waals surface area contributed by atoms with E-state index in [2.05, 4.69) is 5.32 Å². The van der Waals surface area contributed by atoms with Gasteiger partial charge in [0.1, 0.15) is 0 Å². The summed E-state index contributed by atoms with van der Waals surface area (Å²) in [6, 6.07) is 0. The molecule has 0 saturated carbocycles. The number of nitrogens with one attached hydrogen (secondary N) is 1. The number of amides is 2. The molecule has 0 aromatic carbocycles. The largest absolute Gasteiger partial charge is 0.349 e. The normalized spacial score (nSPS) is 20.2. The van der Waals surface area contributed by atoms with Crippen LogP contribution in [0.2, 0.25) is 0 Å². The van der Waals surface area contributed by atoms with Gasteiger partial charge < -0.3 is 16.0 Å². The van der Waals surface area contributed by atoms with Crippen molar-refractivity contribution in [2.24, 2.45) is 11.7 Å². The molecule has 1 aliphatic heterocycles. The summed E-state index contributed by atoms with van der Waals surface area (Å²) in [5.74, 6) is -0.00431. The minimum atomic E-state index is -0.296. The summed E-state index contributed by atoms with van der Waals surface area (Å²) in [7, 11) is 0. The van der Waals surface area contributed by atoms with Crippen molar-refractivity contribution in [1.82, 2.24) is 10.2 Å². The molecule has 0 spiro atoms. The van der Waals surface area contributed by atoms with E-state index in [-0.39, 0.29) is 23.3 Å². The molecule has 0 bridgehead atoms. The highest BCUT2D eigenvalue weighted by atomic mass is 16.2. The van der Waals surface area contributed by atoms with Gasteiger partial charge in [-0.25, -0.2) is 0 Å². The summed E-state index contributed by atoms with van der Waals surface area (Å²) in [6.45, 7) is 7.40. The number of carbonyl (C=O) groups excluding carboxylic acids is 2. The highest BCUT2D eigenvalue weighted by Crippen LogP contribution is 2.20. The van der Waals surface area contributed by atoms with Gasteiger partial charge in [0.25, 0.3) is 0 Å². The fourth-order valence-corrected chi connectivity index (χ4v) is 2.61. The molecule has 5 nitrogen and oxygen atoms in total. The Labute approximate surface area is 115 Å². The van der Waals surface area contributed by atoms with Crippen LogP contribution in [0, 0.1) is 5.92 Å². The van der Waals surface area contributed by atoms with Crippen molar-refractivity contribution in [2.45, 2.75) is 52.0 Å². The predicted octanol–water partition coefficient (Wildman–Crippen LogP) is 0.879. The van der Waals surface area contributed by atoms with E-state index in [1.54, 1.807) is 11.8 Å². The Balaban J connectivity index is 2.64. The molecule has 0 aliphatic carbocycles. The lowest BCUT2D eigenvalue weighted by Gasteiger charge is -2.36. The maximum atomic E-state index is 12.4. The van der Waals surface area contributed by atoms with Gasteiger partial charge in [-0.1, -0.05) is 13.8 Å².